The van der Waals surface area contributed by atoms with Gasteiger partial charge in [-0.3, -0.25) is 4.79 Å². The number of likely N-dealkylation sites (N-methyl/N-ethyl adjacent to an activating group) is 1. The highest BCUT2D eigenvalue weighted by atomic mass is 19.1. The van der Waals surface area contributed by atoms with Crippen LogP contribution in [0.4, 0.5) is 4.39 Å². The maximum absolute atomic E-state index is 13.0. The first-order valence-corrected chi connectivity index (χ1v) is 7.48. The fourth-order valence-corrected chi connectivity index (χ4v) is 2.48. The number of piperidine rings is 1. The van der Waals surface area contributed by atoms with E-state index in [0.29, 0.717) is 31.2 Å². The summed E-state index contributed by atoms with van der Waals surface area (Å²) in [5, 5.41) is 3.32. The Bertz CT molecular complexity index is 461. The average molecular weight is 294 g/mol. The quantitative estimate of drug-likeness (QED) is 0.873. The predicted molar refractivity (Wildman–Crippen MR) is 79.7 cm³/mol. The number of halogens is 1. The van der Waals surface area contributed by atoms with E-state index in [1.165, 1.54) is 12.1 Å². The van der Waals surface area contributed by atoms with E-state index >= 15 is 0 Å². The largest absolute Gasteiger partial charge is 0.492 e. The van der Waals surface area contributed by atoms with E-state index in [2.05, 4.69) is 5.32 Å². The summed E-state index contributed by atoms with van der Waals surface area (Å²) in [6.45, 7) is 2.87. The average Bonchev–Trinajstić information content (AvgIpc) is 2.48. The van der Waals surface area contributed by atoms with Crippen LogP contribution in [0.1, 0.15) is 19.3 Å². The minimum atomic E-state index is -0.318. The molecule has 0 saturated carbocycles. The summed E-state index contributed by atoms with van der Waals surface area (Å²) in [6, 6.07) is 6.03. The molecule has 1 aromatic rings. The Morgan fingerprint density at radius 1 is 1.52 bits per heavy atom. The van der Waals surface area contributed by atoms with Crippen LogP contribution in [0.15, 0.2) is 24.3 Å². The highest BCUT2D eigenvalue weighted by Gasteiger charge is 2.18. The molecule has 21 heavy (non-hydrogen) atoms. The molecule has 0 aliphatic carbocycles. The molecule has 0 spiro atoms. The molecule has 1 aromatic carbocycles. The van der Waals surface area contributed by atoms with Crippen LogP contribution in [-0.2, 0) is 4.79 Å². The third kappa shape index (κ3) is 5.34. The van der Waals surface area contributed by atoms with Gasteiger partial charge in [0, 0.05) is 19.5 Å². The molecule has 1 saturated heterocycles. The van der Waals surface area contributed by atoms with E-state index in [4.69, 9.17) is 4.74 Å². The second-order valence-electron chi connectivity index (χ2n) is 5.54. The van der Waals surface area contributed by atoms with Crippen molar-refractivity contribution >= 4 is 5.91 Å². The molecule has 1 atom stereocenters. The summed E-state index contributed by atoms with van der Waals surface area (Å²) in [7, 11) is 1.79. The van der Waals surface area contributed by atoms with Gasteiger partial charge in [0.05, 0.1) is 6.54 Å². The van der Waals surface area contributed by atoms with Crippen LogP contribution in [-0.4, -0.2) is 44.1 Å². The van der Waals surface area contributed by atoms with Gasteiger partial charge in [0.25, 0.3) is 0 Å². The van der Waals surface area contributed by atoms with Gasteiger partial charge >= 0.3 is 0 Å². The van der Waals surface area contributed by atoms with Crippen molar-refractivity contribution in [1.29, 1.82) is 0 Å². The normalized spacial score (nSPS) is 18.3. The van der Waals surface area contributed by atoms with Crippen LogP contribution in [0, 0.1) is 11.7 Å². The van der Waals surface area contributed by atoms with Gasteiger partial charge in [-0.15, -0.1) is 0 Å². The Morgan fingerprint density at radius 3 is 3.10 bits per heavy atom. The monoisotopic (exact) mass is 294 g/mol. The minimum Gasteiger partial charge on any atom is -0.492 e. The molecule has 1 fully saturated rings. The van der Waals surface area contributed by atoms with Gasteiger partial charge in [-0.25, -0.2) is 4.39 Å². The van der Waals surface area contributed by atoms with Crippen molar-refractivity contribution in [2.45, 2.75) is 19.3 Å². The molecule has 2 rings (SSSR count). The van der Waals surface area contributed by atoms with Crippen molar-refractivity contribution in [3.63, 3.8) is 0 Å². The predicted octanol–water partition coefficient (Wildman–Crippen LogP) is 2.05. The Balaban J connectivity index is 1.68. The van der Waals surface area contributed by atoms with Crippen LogP contribution in [0.3, 0.4) is 0 Å². The maximum atomic E-state index is 13.0. The summed E-state index contributed by atoms with van der Waals surface area (Å²) >= 11 is 0. The third-order valence-corrected chi connectivity index (χ3v) is 3.78. The minimum absolute atomic E-state index is 0.145. The zero-order chi connectivity index (χ0) is 15.1. The lowest BCUT2D eigenvalue weighted by Gasteiger charge is -2.25. The summed E-state index contributed by atoms with van der Waals surface area (Å²) in [4.78, 5) is 13.8. The molecule has 0 bridgehead atoms. The SMILES string of the molecule is CN(CCOc1cccc(F)c1)C(=O)CC1CCCNC1. The van der Waals surface area contributed by atoms with E-state index in [9.17, 15) is 9.18 Å². The number of amides is 1. The van der Waals surface area contributed by atoms with Gasteiger partial charge in [0.2, 0.25) is 5.91 Å². The summed E-state index contributed by atoms with van der Waals surface area (Å²) in [5.41, 5.74) is 0. The van der Waals surface area contributed by atoms with Crippen LogP contribution < -0.4 is 10.1 Å². The first-order valence-electron chi connectivity index (χ1n) is 7.48. The second kappa shape index (κ2) is 7.98. The molecule has 5 heteroatoms. The molecule has 116 valence electrons. The number of hydrogen-bond acceptors (Lipinski definition) is 3. The van der Waals surface area contributed by atoms with E-state index in [0.717, 1.165) is 25.9 Å². The molecule has 1 heterocycles. The third-order valence-electron chi connectivity index (χ3n) is 3.78. The van der Waals surface area contributed by atoms with Gasteiger partial charge in [-0.05, 0) is 44.0 Å². The highest BCUT2D eigenvalue weighted by molar-refractivity contribution is 5.76. The Kier molecular flexibility index (Phi) is 5.99. The van der Waals surface area contributed by atoms with Gasteiger partial charge in [-0.2, -0.15) is 0 Å². The summed E-state index contributed by atoms with van der Waals surface area (Å²) in [5.74, 6) is 0.762. The number of benzene rings is 1. The smallest absolute Gasteiger partial charge is 0.222 e. The van der Waals surface area contributed by atoms with Crippen LogP contribution in [0.25, 0.3) is 0 Å². The molecule has 1 amide bonds. The van der Waals surface area contributed by atoms with Crippen molar-refractivity contribution in [2.24, 2.45) is 5.92 Å². The van der Waals surface area contributed by atoms with Crippen molar-refractivity contribution in [1.82, 2.24) is 10.2 Å². The van der Waals surface area contributed by atoms with Gasteiger partial charge in [0.1, 0.15) is 18.2 Å². The van der Waals surface area contributed by atoms with Crippen molar-refractivity contribution < 1.29 is 13.9 Å². The number of ether oxygens (including phenoxy) is 1. The standard InChI is InChI=1S/C16H23FN2O2/c1-19(16(20)10-13-4-3-7-18-12-13)8-9-21-15-6-2-5-14(17)11-15/h2,5-6,11,13,18H,3-4,7-10,12H2,1H3. The summed E-state index contributed by atoms with van der Waals surface area (Å²) < 4.78 is 18.4. The Hall–Kier alpha value is -1.62. The number of hydrogen-bond donors (Lipinski definition) is 1. The molecule has 0 aromatic heterocycles. The van der Waals surface area contributed by atoms with Gasteiger partial charge < -0.3 is 15.0 Å². The topological polar surface area (TPSA) is 41.6 Å². The van der Waals surface area contributed by atoms with Crippen molar-refractivity contribution in [2.75, 3.05) is 33.3 Å². The number of nitrogens with zero attached hydrogens (tertiary/aromatic N) is 1. The lowest BCUT2D eigenvalue weighted by atomic mass is 9.96. The zero-order valence-corrected chi connectivity index (χ0v) is 12.5. The first kappa shape index (κ1) is 15.8. The highest BCUT2D eigenvalue weighted by Crippen LogP contribution is 2.15. The van der Waals surface area contributed by atoms with Crippen LogP contribution in [0.2, 0.25) is 0 Å². The first-order chi connectivity index (χ1) is 10.1. The van der Waals surface area contributed by atoms with Gasteiger partial charge in [-0.1, -0.05) is 6.07 Å². The molecule has 0 radical (unpaired) electrons. The second-order valence-corrected chi connectivity index (χ2v) is 5.54. The van der Waals surface area contributed by atoms with Crippen LogP contribution in [0.5, 0.6) is 5.75 Å². The molecular formula is C16H23FN2O2. The van der Waals surface area contributed by atoms with E-state index < -0.39 is 0 Å². The van der Waals surface area contributed by atoms with Gasteiger partial charge in [0.15, 0.2) is 0 Å². The lowest BCUT2D eigenvalue weighted by Crippen LogP contribution is -2.36. The molecule has 1 N–H and O–H groups in total. The molecular weight excluding hydrogens is 271 g/mol. The van der Waals surface area contributed by atoms with Crippen LogP contribution >= 0.6 is 0 Å². The zero-order valence-electron chi connectivity index (χ0n) is 12.5. The lowest BCUT2D eigenvalue weighted by molar-refractivity contribution is -0.131. The molecule has 4 nitrogen and oxygen atoms in total. The van der Waals surface area contributed by atoms with E-state index in [1.807, 2.05) is 0 Å². The maximum Gasteiger partial charge on any atom is 0.222 e. The fourth-order valence-electron chi connectivity index (χ4n) is 2.48. The molecule has 1 unspecified atom stereocenters. The Morgan fingerprint density at radius 2 is 2.38 bits per heavy atom. The summed E-state index contributed by atoms with van der Waals surface area (Å²) in [6.07, 6.45) is 2.85. The molecule has 1 aliphatic rings. The van der Waals surface area contributed by atoms with Crippen molar-refractivity contribution in [3.8, 4) is 5.75 Å². The van der Waals surface area contributed by atoms with Crippen molar-refractivity contribution in [3.05, 3.63) is 30.1 Å². The molecule has 1 aliphatic heterocycles. The number of carbonyl (C=O) groups excluding carboxylic acids is 1. The van der Waals surface area contributed by atoms with E-state index in [-0.39, 0.29) is 11.7 Å². The number of rotatable bonds is 6. The fraction of sp³-hybridized carbons (Fsp3) is 0.562. The Labute approximate surface area is 125 Å². The number of carbonyl (C=O) groups is 1. The number of nitrogens with one attached hydrogen (secondary N) is 1. The van der Waals surface area contributed by atoms with E-state index in [1.54, 1.807) is 24.1 Å².